The molecule has 13 heteroatoms. The van der Waals surface area contributed by atoms with E-state index in [9.17, 15) is 44.6 Å². The van der Waals surface area contributed by atoms with Crippen molar-refractivity contribution in [2.75, 3.05) is 0 Å². The highest BCUT2D eigenvalue weighted by Crippen LogP contribution is 2.44. The van der Waals surface area contributed by atoms with Crippen molar-refractivity contribution in [2.45, 2.75) is 32.5 Å². The first-order valence-corrected chi connectivity index (χ1v) is 9.95. The quantitative estimate of drug-likeness (QED) is 0.279. The van der Waals surface area contributed by atoms with Gasteiger partial charge in [-0.1, -0.05) is 13.3 Å². The molecule has 0 aliphatic rings. The molecule has 3 nitrogen and oxygen atoms in total. The second-order valence-corrected chi connectivity index (χ2v) is 7.32. The molecule has 0 atom stereocenters. The lowest BCUT2D eigenvalue weighted by molar-refractivity contribution is -0.189. The van der Waals surface area contributed by atoms with Gasteiger partial charge in [0.1, 0.15) is 28.8 Å². The second-order valence-electron chi connectivity index (χ2n) is 7.32. The minimum atomic E-state index is -5.12. The summed E-state index contributed by atoms with van der Waals surface area (Å²) in [5, 5.41) is 12.2. The van der Waals surface area contributed by atoms with Gasteiger partial charge in [-0.2, -0.15) is 17.6 Å². The maximum atomic E-state index is 15.1. The number of rotatable bonds is 8. The Morgan fingerprint density at radius 1 is 0.806 bits per heavy atom. The highest BCUT2D eigenvalue weighted by atomic mass is 19.3. The van der Waals surface area contributed by atoms with Crippen LogP contribution in [-0.4, -0.2) is 6.61 Å². The summed E-state index contributed by atoms with van der Waals surface area (Å²) >= 11 is 0. The minimum absolute atomic E-state index is 0.0425. The Kier molecular flexibility index (Phi) is 7.60. The molecule has 0 aliphatic heterocycles. The van der Waals surface area contributed by atoms with E-state index in [1.165, 1.54) is 0 Å². The predicted octanol–water partition coefficient (Wildman–Crippen LogP) is 8.01. The van der Waals surface area contributed by atoms with Crippen LogP contribution in [0.1, 0.15) is 24.5 Å². The summed E-state index contributed by atoms with van der Waals surface area (Å²) in [7, 11) is 0. The summed E-state index contributed by atoms with van der Waals surface area (Å²) in [4.78, 5) is 0. The van der Waals surface area contributed by atoms with E-state index in [1.54, 1.807) is 6.92 Å². The van der Waals surface area contributed by atoms with Crippen molar-refractivity contribution in [3.63, 3.8) is 0 Å². The molecule has 0 fully saturated rings. The monoisotopic (exact) mass is 527 g/mol. The highest BCUT2D eigenvalue weighted by Gasteiger charge is 2.44. The van der Waals surface area contributed by atoms with Gasteiger partial charge in [-0.3, -0.25) is 5.11 Å². The van der Waals surface area contributed by atoms with E-state index in [2.05, 4.69) is 9.47 Å². The van der Waals surface area contributed by atoms with Crippen molar-refractivity contribution in [2.24, 2.45) is 0 Å². The molecular formula is C23H13F10O3. The highest BCUT2D eigenvalue weighted by molar-refractivity contribution is 5.73. The maximum absolute atomic E-state index is 15.1. The Bertz CT molecular complexity index is 1250. The maximum Gasteiger partial charge on any atom is 0.432 e. The Morgan fingerprint density at radius 3 is 1.86 bits per heavy atom. The normalized spacial score (nSPS) is 11.8. The SMILES string of the molecule is CCCc1cc(F)c(-c2c([O])cc(F)c(C(F)(F)Oc3cc(F)c(OC(F)F)c(F)c3)c2F)c(F)c1. The van der Waals surface area contributed by atoms with Crippen LogP contribution in [0.15, 0.2) is 30.3 Å². The van der Waals surface area contributed by atoms with Gasteiger partial charge in [-0.15, -0.1) is 0 Å². The third kappa shape index (κ3) is 5.29. The Morgan fingerprint density at radius 2 is 1.36 bits per heavy atom. The van der Waals surface area contributed by atoms with Gasteiger partial charge in [-0.25, -0.2) is 26.3 Å². The van der Waals surface area contributed by atoms with E-state index < -0.39 is 81.6 Å². The summed E-state index contributed by atoms with van der Waals surface area (Å²) in [5.74, 6) is -16.2. The molecule has 3 aromatic carbocycles. The van der Waals surface area contributed by atoms with Crippen molar-refractivity contribution in [1.29, 1.82) is 0 Å². The number of halogens is 10. The first-order chi connectivity index (χ1) is 16.8. The van der Waals surface area contributed by atoms with Crippen LogP contribution in [-0.2, 0) is 17.6 Å². The van der Waals surface area contributed by atoms with Crippen LogP contribution >= 0.6 is 0 Å². The first-order valence-electron chi connectivity index (χ1n) is 9.95. The zero-order chi connectivity index (χ0) is 26.9. The van der Waals surface area contributed by atoms with Gasteiger partial charge in [0.05, 0.1) is 11.1 Å². The summed E-state index contributed by atoms with van der Waals surface area (Å²) in [6, 6.07) is 1.23. The van der Waals surface area contributed by atoms with Gasteiger partial charge in [0, 0.05) is 18.2 Å². The zero-order valence-corrected chi connectivity index (χ0v) is 17.9. The van der Waals surface area contributed by atoms with Crippen LogP contribution < -0.4 is 9.47 Å². The fraction of sp³-hybridized carbons (Fsp3) is 0.217. The van der Waals surface area contributed by atoms with Gasteiger partial charge >= 0.3 is 12.7 Å². The largest absolute Gasteiger partial charge is 0.432 e. The molecule has 0 saturated heterocycles. The Balaban J connectivity index is 2.11. The zero-order valence-electron chi connectivity index (χ0n) is 17.9. The lowest BCUT2D eigenvalue weighted by Crippen LogP contribution is -2.26. The lowest BCUT2D eigenvalue weighted by atomic mass is 9.96. The standard InChI is InChI=1S/C23H13F10O3/c1-2-3-9-4-11(24)17(12(25)5-9)18-16(34)8-13(26)19(20(18)29)23(32,33)36-10-6-14(27)21(15(28)7-10)35-22(30)31/h4-8,22H,2-3H2,1H3. The number of benzene rings is 3. The van der Waals surface area contributed by atoms with Crippen LogP contribution in [0.5, 0.6) is 17.2 Å². The molecule has 0 amide bonds. The molecule has 193 valence electrons. The first kappa shape index (κ1) is 27.0. The van der Waals surface area contributed by atoms with E-state index in [0.717, 1.165) is 12.1 Å². The molecule has 0 spiro atoms. The van der Waals surface area contributed by atoms with Gasteiger partial charge in [0.15, 0.2) is 29.0 Å². The summed E-state index contributed by atoms with van der Waals surface area (Å²) in [5.41, 5.74) is -5.11. The summed E-state index contributed by atoms with van der Waals surface area (Å²) in [6.07, 6.45) is -4.47. The number of ether oxygens (including phenoxy) is 2. The molecule has 3 aromatic rings. The van der Waals surface area contributed by atoms with Crippen LogP contribution in [0.3, 0.4) is 0 Å². The molecule has 0 aromatic heterocycles. The van der Waals surface area contributed by atoms with Crippen LogP contribution in [0.25, 0.3) is 11.1 Å². The number of aryl methyl sites for hydroxylation is 1. The molecule has 0 bridgehead atoms. The average molecular weight is 527 g/mol. The molecular weight excluding hydrogens is 514 g/mol. The van der Waals surface area contributed by atoms with Gasteiger partial charge in [0.25, 0.3) is 0 Å². The van der Waals surface area contributed by atoms with Gasteiger partial charge in [-0.05, 0) is 24.1 Å². The third-order valence-corrected chi connectivity index (χ3v) is 4.79. The lowest BCUT2D eigenvalue weighted by Gasteiger charge is -2.21. The molecule has 0 saturated carbocycles. The van der Waals surface area contributed by atoms with Crippen molar-refractivity contribution in [3.05, 3.63) is 76.4 Å². The molecule has 36 heavy (non-hydrogen) atoms. The summed E-state index contributed by atoms with van der Waals surface area (Å²) < 4.78 is 148. The Labute approximate surface area is 196 Å². The second kappa shape index (κ2) is 10.2. The topological polar surface area (TPSA) is 38.4 Å². The average Bonchev–Trinajstić information content (AvgIpc) is 2.71. The fourth-order valence-corrected chi connectivity index (χ4v) is 3.39. The smallest absolute Gasteiger partial charge is 0.429 e. The third-order valence-electron chi connectivity index (χ3n) is 4.79. The van der Waals surface area contributed by atoms with Crippen LogP contribution in [0.4, 0.5) is 43.9 Å². The predicted molar refractivity (Wildman–Crippen MR) is 103 cm³/mol. The number of alkyl halides is 4. The van der Waals surface area contributed by atoms with Gasteiger partial charge in [0.2, 0.25) is 0 Å². The van der Waals surface area contributed by atoms with Gasteiger partial charge < -0.3 is 9.47 Å². The summed E-state index contributed by atoms with van der Waals surface area (Å²) in [6.45, 7) is -1.99. The van der Waals surface area contributed by atoms with E-state index in [1.807, 2.05) is 0 Å². The van der Waals surface area contributed by atoms with Crippen molar-refractivity contribution in [3.8, 4) is 28.4 Å². The minimum Gasteiger partial charge on any atom is -0.429 e. The molecule has 0 aliphatic carbocycles. The molecule has 3 rings (SSSR count). The van der Waals surface area contributed by atoms with Crippen molar-refractivity contribution < 1.29 is 58.5 Å². The van der Waals surface area contributed by atoms with E-state index in [4.69, 9.17) is 0 Å². The molecule has 0 heterocycles. The van der Waals surface area contributed by atoms with E-state index >= 15 is 4.39 Å². The van der Waals surface area contributed by atoms with Crippen LogP contribution in [0.2, 0.25) is 0 Å². The van der Waals surface area contributed by atoms with E-state index in [0.29, 0.717) is 6.42 Å². The number of hydrogen-bond acceptors (Lipinski definition) is 2. The molecule has 0 N–H and O–H groups in total. The molecule has 0 unspecified atom stereocenters. The van der Waals surface area contributed by atoms with E-state index in [-0.39, 0.29) is 30.2 Å². The Hall–Kier alpha value is -3.64. The number of hydrogen-bond donors (Lipinski definition) is 0. The molecule has 1 radical (unpaired) electrons. The fourth-order valence-electron chi connectivity index (χ4n) is 3.39. The van der Waals surface area contributed by atoms with Crippen molar-refractivity contribution in [1.82, 2.24) is 0 Å². The van der Waals surface area contributed by atoms with Crippen LogP contribution in [0, 0.1) is 34.9 Å². The van der Waals surface area contributed by atoms with Crippen molar-refractivity contribution >= 4 is 0 Å².